The molecule has 4 nitrogen and oxygen atoms in total. The molecular formula is C19H26O4. The summed E-state index contributed by atoms with van der Waals surface area (Å²) in [6.07, 6.45) is 9.53. The lowest BCUT2D eigenvalue weighted by Crippen LogP contribution is -2.53. The summed E-state index contributed by atoms with van der Waals surface area (Å²) in [5, 5.41) is 9.98. The average Bonchev–Trinajstić information content (AvgIpc) is 3.02. The molecule has 3 atom stereocenters. The van der Waals surface area contributed by atoms with E-state index >= 15 is 0 Å². The molecule has 1 heterocycles. The van der Waals surface area contributed by atoms with Crippen LogP contribution >= 0.6 is 0 Å². The lowest BCUT2D eigenvalue weighted by Gasteiger charge is -2.55. The van der Waals surface area contributed by atoms with Gasteiger partial charge in [0.2, 0.25) is 0 Å². The number of allylic oxidation sites excluding steroid dienone is 2. The van der Waals surface area contributed by atoms with Gasteiger partial charge in [0.05, 0.1) is 18.6 Å². The second kappa shape index (κ2) is 4.93. The molecule has 4 heteroatoms. The maximum absolute atomic E-state index is 12.1. The second-order valence-electron chi connectivity index (χ2n) is 7.82. The van der Waals surface area contributed by atoms with Gasteiger partial charge in [-0.2, -0.15) is 0 Å². The van der Waals surface area contributed by atoms with Crippen molar-refractivity contribution in [1.82, 2.24) is 0 Å². The Balaban J connectivity index is 1.80. The van der Waals surface area contributed by atoms with E-state index in [2.05, 4.69) is 26.0 Å². The molecule has 1 saturated carbocycles. The van der Waals surface area contributed by atoms with Crippen LogP contribution in [-0.2, 0) is 14.3 Å². The largest absolute Gasteiger partial charge is 0.481 e. The fourth-order valence-electron chi connectivity index (χ4n) is 5.60. The lowest BCUT2D eigenvalue weighted by molar-refractivity contribution is -0.204. The molecule has 1 N–H and O–H groups in total. The number of hydrogen-bond donors (Lipinski definition) is 1. The Morgan fingerprint density at radius 3 is 2.65 bits per heavy atom. The highest BCUT2D eigenvalue weighted by atomic mass is 16.7. The van der Waals surface area contributed by atoms with Crippen LogP contribution in [0.5, 0.6) is 0 Å². The molecule has 0 aromatic heterocycles. The minimum atomic E-state index is -0.682. The predicted molar refractivity (Wildman–Crippen MR) is 85.8 cm³/mol. The number of fused-ring (bicyclic) bond motifs is 3. The number of rotatable bonds is 1. The molecule has 1 aliphatic heterocycles. The van der Waals surface area contributed by atoms with Gasteiger partial charge in [-0.3, -0.25) is 4.79 Å². The van der Waals surface area contributed by atoms with Gasteiger partial charge < -0.3 is 14.6 Å². The van der Waals surface area contributed by atoms with Crippen molar-refractivity contribution < 1.29 is 19.4 Å². The Morgan fingerprint density at radius 2 is 1.96 bits per heavy atom. The zero-order chi connectivity index (χ0) is 16.3. The molecule has 0 bridgehead atoms. The summed E-state index contributed by atoms with van der Waals surface area (Å²) >= 11 is 0. The van der Waals surface area contributed by atoms with Crippen LogP contribution in [-0.4, -0.2) is 30.1 Å². The molecule has 0 aromatic rings. The van der Waals surface area contributed by atoms with E-state index < -0.39 is 17.2 Å². The van der Waals surface area contributed by atoms with E-state index in [9.17, 15) is 9.90 Å². The summed E-state index contributed by atoms with van der Waals surface area (Å²) in [5.41, 5.74) is 1.64. The molecule has 4 aliphatic rings. The Kier molecular flexibility index (Phi) is 3.30. The van der Waals surface area contributed by atoms with E-state index in [1.54, 1.807) is 0 Å². The highest BCUT2D eigenvalue weighted by Crippen LogP contribution is 2.63. The van der Waals surface area contributed by atoms with Gasteiger partial charge >= 0.3 is 5.97 Å². The normalized spacial score (nSPS) is 41.7. The van der Waals surface area contributed by atoms with E-state index in [1.807, 2.05) is 0 Å². The van der Waals surface area contributed by atoms with Gasteiger partial charge in [0.15, 0.2) is 5.79 Å². The van der Waals surface area contributed by atoms with Crippen molar-refractivity contribution >= 4 is 5.97 Å². The number of aliphatic carboxylic acids is 1. The van der Waals surface area contributed by atoms with Crippen LogP contribution in [0.1, 0.15) is 52.4 Å². The van der Waals surface area contributed by atoms with Crippen LogP contribution in [0, 0.1) is 16.7 Å². The van der Waals surface area contributed by atoms with E-state index in [1.165, 1.54) is 5.57 Å². The third-order valence-corrected chi connectivity index (χ3v) is 6.86. The first-order valence-electron chi connectivity index (χ1n) is 8.88. The summed E-state index contributed by atoms with van der Waals surface area (Å²) in [7, 11) is 0. The van der Waals surface area contributed by atoms with Crippen LogP contribution in [0.25, 0.3) is 0 Å². The van der Waals surface area contributed by atoms with E-state index in [4.69, 9.17) is 9.47 Å². The quantitative estimate of drug-likeness (QED) is 0.749. The molecule has 0 amide bonds. The van der Waals surface area contributed by atoms with E-state index in [-0.39, 0.29) is 11.3 Å². The van der Waals surface area contributed by atoms with Gasteiger partial charge in [0.25, 0.3) is 0 Å². The zero-order valence-corrected chi connectivity index (χ0v) is 14.1. The first-order valence-corrected chi connectivity index (χ1v) is 8.88. The maximum Gasteiger partial charge on any atom is 0.314 e. The number of carboxylic acids is 1. The molecule has 126 valence electrons. The van der Waals surface area contributed by atoms with Crippen molar-refractivity contribution in [1.29, 1.82) is 0 Å². The van der Waals surface area contributed by atoms with Crippen molar-refractivity contribution in [3.05, 3.63) is 23.3 Å². The van der Waals surface area contributed by atoms with Crippen molar-refractivity contribution in [2.75, 3.05) is 13.2 Å². The smallest absolute Gasteiger partial charge is 0.314 e. The van der Waals surface area contributed by atoms with Crippen molar-refractivity contribution in [2.24, 2.45) is 16.7 Å². The molecular weight excluding hydrogens is 292 g/mol. The predicted octanol–water partition coefficient (Wildman–Crippen LogP) is 3.68. The molecule has 23 heavy (non-hydrogen) atoms. The first kappa shape index (κ1) is 15.4. The SMILES string of the molecule is CC1C2=CC[C@@]3(C(=O)O)CCCC=C3[C@@]2(C)CCC12OCCO2. The van der Waals surface area contributed by atoms with Crippen molar-refractivity contribution in [2.45, 2.75) is 58.2 Å². The fraction of sp³-hybridized carbons (Fsp3) is 0.737. The minimum Gasteiger partial charge on any atom is -0.481 e. The highest BCUT2D eigenvalue weighted by molar-refractivity contribution is 5.81. The molecule has 3 aliphatic carbocycles. The highest BCUT2D eigenvalue weighted by Gasteiger charge is 2.59. The van der Waals surface area contributed by atoms with Crippen LogP contribution < -0.4 is 0 Å². The third kappa shape index (κ3) is 1.88. The Hall–Kier alpha value is -1.13. The minimum absolute atomic E-state index is 0.156. The summed E-state index contributed by atoms with van der Waals surface area (Å²) in [6.45, 7) is 5.75. The van der Waals surface area contributed by atoms with Gasteiger partial charge in [0, 0.05) is 17.8 Å². The van der Waals surface area contributed by atoms with Gasteiger partial charge in [-0.15, -0.1) is 0 Å². The van der Waals surface area contributed by atoms with Crippen LogP contribution in [0.15, 0.2) is 23.3 Å². The summed E-state index contributed by atoms with van der Waals surface area (Å²) in [6, 6.07) is 0. The van der Waals surface area contributed by atoms with Crippen molar-refractivity contribution in [3.63, 3.8) is 0 Å². The molecule has 1 unspecified atom stereocenters. The first-order chi connectivity index (χ1) is 10.9. The molecule has 1 saturated heterocycles. The number of ether oxygens (including phenoxy) is 2. The summed E-state index contributed by atoms with van der Waals surface area (Å²) in [4.78, 5) is 12.1. The Bertz CT molecular complexity index is 598. The van der Waals surface area contributed by atoms with Gasteiger partial charge in [0.1, 0.15) is 0 Å². The number of carbonyl (C=O) groups is 1. The van der Waals surface area contributed by atoms with Crippen LogP contribution in [0.2, 0.25) is 0 Å². The molecule has 1 spiro atoms. The summed E-state index contributed by atoms with van der Waals surface area (Å²) in [5.74, 6) is -0.955. The van der Waals surface area contributed by atoms with Crippen LogP contribution in [0.3, 0.4) is 0 Å². The molecule has 4 rings (SSSR count). The third-order valence-electron chi connectivity index (χ3n) is 6.86. The van der Waals surface area contributed by atoms with Gasteiger partial charge in [-0.05, 0) is 37.7 Å². The Morgan fingerprint density at radius 1 is 1.22 bits per heavy atom. The lowest BCUT2D eigenvalue weighted by atomic mass is 9.50. The molecule has 0 radical (unpaired) electrons. The molecule has 2 fully saturated rings. The monoisotopic (exact) mass is 318 g/mol. The number of carboxylic acid groups (broad SMARTS) is 1. The van der Waals surface area contributed by atoms with E-state index in [0.29, 0.717) is 19.6 Å². The van der Waals surface area contributed by atoms with Gasteiger partial charge in [-0.1, -0.05) is 31.6 Å². The second-order valence-corrected chi connectivity index (χ2v) is 7.82. The number of hydrogen-bond acceptors (Lipinski definition) is 3. The average molecular weight is 318 g/mol. The molecule has 0 aromatic carbocycles. The zero-order valence-electron chi connectivity index (χ0n) is 14.1. The Labute approximate surface area is 137 Å². The van der Waals surface area contributed by atoms with Gasteiger partial charge in [-0.25, -0.2) is 0 Å². The van der Waals surface area contributed by atoms with Crippen molar-refractivity contribution in [3.8, 4) is 0 Å². The van der Waals surface area contributed by atoms with Crippen LogP contribution in [0.4, 0.5) is 0 Å². The fourth-order valence-corrected chi connectivity index (χ4v) is 5.60. The topological polar surface area (TPSA) is 55.8 Å². The maximum atomic E-state index is 12.1. The summed E-state index contributed by atoms with van der Waals surface area (Å²) < 4.78 is 12.0. The van der Waals surface area contributed by atoms with E-state index in [0.717, 1.165) is 37.7 Å². The standard InChI is InChI=1S/C19H26O4/c1-13-14-6-8-18(16(20)21)7-4-3-5-15(18)17(14,2)9-10-19(13)22-11-12-23-19/h5-6,13H,3-4,7-12H2,1-2H3,(H,20,21)/t13?,17-,18-/m0/s1.